The largest absolute Gasteiger partial charge is 0.508 e. The summed E-state index contributed by atoms with van der Waals surface area (Å²) < 4.78 is 14.8. The van der Waals surface area contributed by atoms with Crippen LogP contribution in [0.4, 0.5) is 4.39 Å². The zero-order valence-electron chi connectivity index (χ0n) is 57.9. The Hall–Kier alpha value is -10.3. The van der Waals surface area contributed by atoms with Crippen LogP contribution in [0, 0.1) is 11.7 Å². The zero-order chi connectivity index (χ0) is 77.0. The topological polar surface area (TPSA) is 585 Å². The first kappa shape index (κ1) is 83.6. The standard InChI is InChI=1S/C67H93FN18O17S2/c1-34(2)56-66(103)82-47(28-36-9-14-40(88)15-10-36)61(98)78-43(5-3-24-75-67(72)73)58(95)74-25-22-53(90)77-44(17-19-52(70)89)59(96)80-48(29-37-31-76-42-16-11-38(68)30-41(37)42)63(100)79-45(18-20-55(92)93)60(97)83-49(57(71)94)32-104-105-33-50(64(101)85-56)84-62(99)46(27-35-7-12-39(87)13-8-35)81-65(102)51-6-4-26-86(51)54(91)21-23-69/h7-16,30-31,34,43-51,54,56,76,87-88,91H,3-6,17-29,32-33,69H2,1-2H3,(H2,70,89)(H2,71,94)(H,74,95)(H,77,90)(H,78,98)(H,79,100)(H,80,96)(H,81,102)(H,82,103)(H,83,97)(H,84,99)(H,85,101)(H,92,93)(H4,72,73,75)/t43-,44-,45-,46-,47-,48?,49-,50-,51-,54?,56-/m0/s1. The number of aromatic nitrogens is 1. The number of benzene rings is 3. The van der Waals surface area contributed by atoms with E-state index in [4.69, 9.17) is 28.7 Å². The number of aliphatic hydroxyl groups excluding tert-OH is 1. The van der Waals surface area contributed by atoms with Crippen LogP contribution < -0.4 is 81.8 Å². The number of phenols is 2. The number of rotatable bonds is 25. The van der Waals surface area contributed by atoms with Crippen molar-refractivity contribution >= 4 is 115 Å². The van der Waals surface area contributed by atoms with Gasteiger partial charge in [0.25, 0.3) is 0 Å². The summed E-state index contributed by atoms with van der Waals surface area (Å²) in [6, 6.07) is -0.484. The van der Waals surface area contributed by atoms with Gasteiger partial charge in [0.05, 0.1) is 6.04 Å². The number of amides is 12. The van der Waals surface area contributed by atoms with Crippen LogP contribution in [-0.2, 0) is 81.6 Å². The van der Waals surface area contributed by atoms with Gasteiger partial charge >= 0.3 is 5.97 Å². The first-order valence-corrected chi connectivity index (χ1v) is 36.4. The molecule has 2 aliphatic heterocycles. The number of nitrogens with two attached hydrogens (primary N) is 5. The lowest BCUT2D eigenvalue weighted by Gasteiger charge is -2.30. The van der Waals surface area contributed by atoms with Crippen LogP contribution in [0.25, 0.3) is 10.9 Å². The molecule has 11 atom stereocenters. The summed E-state index contributed by atoms with van der Waals surface area (Å²) in [6.07, 6.45) is -2.77. The molecule has 2 saturated heterocycles. The van der Waals surface area contributed by atoms with E-state index in [1.807, 2.05) is 0 Å². The quantitative estimate of drug-likeness (QED) is 0.0132. The lowest BCUT2D eigenvalue weighted by molar-refractivity contribution is -0.138. The van der Waals surface area contributed by atoms with Gasteiger partial charge in [-0.1, -0.05) is 59.7 Å². The van der Waals surface area contributed by atoms with E-state index in [1.165, 1.54) is 60.8 Å². The molecule has 25 N–H and O–H groups in total. The lowest BCUT2D eigenvalue weighted by Crippen LogP contribution is -2.61. The van der Waals surface area contributed by atoms with Crippen LogP contribution in [0.5, 0.6) is 11.5 Å². The highest BCUT2D eigenvalue weighted by atomic mass is 33.1. The number of aliphatic hydroxyl groups is 1. The van der Waals surface area contributed by atoms with Crippen LogP contribution in [0.15, 0.2) is 77.9 Å². The first-order chi connectivity index (χ1) is 49.9. The Bertz CT molecular complexity index is 3760. The maximum absolute atomic E-state index is 15.0. The van der Waals surface area contributed by atoms with Gasteiger partial charge in [-0.05, 0) is 117 Å². The van der Waals surface area contributed by atoms with Crippen LogP contribution in [-0.4, -0.2) is 217 Å². The highest BCUT2D eigenvalue weighted by molar-refractivity contribution is 8.76. The van der Waals surface area contributed by atoms with Crippen molar-refractivity contribution in [2.24, 2.45) is 39.6 Å². The Labute approximate surface area is 611 Å². The molecule has 2 fully saturated rings. The smallest absolute Gasteiger partial charge is 0.303 e. The summed E-state index contributed by atoms with van der Waals surface area (Å²) in [5.41, 5.74) is 29.7. The second-order valence-electron chi connectivity index (χ2n) is 25.6. The number of phenolic OH excluding ortho intramolecular Hbond substituents is 2. The van der Waals surface area contributed by atoms with E-state index in [1.54, 1.807) is 18.7 Å². The Morgan fingerprint density at radius 2 is 1.29 bits per heavy atom. The van der Waals surface area contributed by atoms with Crippen LogP contribution in [0.3, 0.4) is 0 Å². The molecular weight excluding hydrogens is 1410 g/mol. The Kier molecular flexibility index (Phi) is 32.9. The molecular formula is C67H93FN18O17S2. The molecule has 572 valence electrons. The highest BCUT2D eigenvalue weighted by Gasteiger charge is 2.39. The minimum atomic E-state index is -1.81. The molecule has 0 saturated carbocycles. The number of primary amides is 2. The van der Waals surface area contributed by atoms with Gasteiger partial charge in [0.15, 0.2) is 5.96 Å². The predicted octanol–water partition coefficient (Wildman–Crippen LogP) is -3.53. The maximum Gasteiger partial charge on any atom is 0.303 e. The van der Waals surface area contributed by atoms with Crippen molar-refractivity contribution < 1.29 is 87.1 Å². The minimum absolute atomic E-state index is 0.0356. The number of aliphatic imine (C=N–C) groups is 1. The Morgan fingerprint density at radius 1 is 0.695 bits per heavy atom. The number of carboxylic acids is 1. The highest BCUT2D eigenvalue weighted by Crippen LogP contribution is 2.26. The van der Waals surface area contributed by atoms with Crippen molar-refractivity contribution in [1.29, 1.82) is 0 Å². The average Bonchev–Trinajstić information content (AvgIpc) is 1.69. The molecule has 38 heteroatoms. The van der Waals surface area contributed by atoms with Crippen molar-refractivity contribution in [3.8, 4) is 11.5 Å². The summed E-state index contributed by atoms with van der Waals surface area (Å²) in [5, 5.41) is 67.2. The summed E-state index contributed by atoms with van der Waals surface area (Å²) >= 11 is 0. The van der Waals surface area contributed by atoms with Crippen LogP contribution in [0.2, 0.25) is 0 Å². The van der Waals surface area contributed by atoms with Crippen molar-refractivity contribution in [3.05, 3.63) is 95.4 Å². The Balaban J connectivity index is 1.42. The molecule has 12 amide bonds. The van der Waals surface area contributed by atoms with E-state index < -0.39 is 212 Å². The summed E-state index contributed by atoms with van der Waals surface area (Å²) in [5.74, 6) is -16.1. The second kappa shape index (κ2) is 41.3. The molecule has 105 heavy (non-hydrogen) atoms. The molecule has 0 radical (unpaired) electrons. The first-order valence-electron chi connectivity index (χ1n) is 33.9. The number of carbonyl (C=O) groups excluding carboxylic acids is 12. The molecule has 6 rings (SSSR count). The fourth-order valence-electron chi connectivity index (χ4n) is 11.5. The molecule has 2 unspecified atom stereocenters. The number of aliphatic carboxylic acids is 1. The van der Waals surface area contributed by atoms with Gasteiger partial charge in [-0.3, -0.25) is 72.2 Å². The number of hydrogen-bond acceptors (Lipinski definition) is 21. The van der Waals surface area contributed by atoms with E-state index >= 15 is 4.79 Å². The molecule has 2 aliphatic rings. The Morgan fingerprint density at radius 3 is 1.91 bits per heavy atom. The third-order valence-corrected chi connectivity index (χ3v) is 19.6. The number of halogens is 1. The van der Waals surface area contributed by atoms with Gasteiger partial charge in [0.1, 0.15) is 77.9 Å². The molecule has 3 heterocycles. The van der Waals surface area contributed by atoms with Gasteiger partial charge in [-0.2, -0.15) is 0 Å². The average molecular weight is 1510 g/mol. The molecule has 35 nitrogen and oxygen atoms in total. The number of fused-ring (bicyclic) bond motifs is 1. The predicted molar refractivity (Wildman–Crippen MR) is 384 cm³/mol. The van der Waals surface area contributed by atoms with Gasteiger partial charge in [-0.25, -0.2) is 4.39 Å². The third-order valence-electron chi connectivity index (χ3n) is 17.1. The fraction of sp³-hybridized carbons (Fsp3) is 0.493. The zero-order valence-corrected chi connectivity index (χ0v) is 59.5. The number of carbonyl (C=O) groups is 13. The number of guanidine groups is 1. The number of H-pyrrole nitrogens is 1. The van der Waals surface area contributed by atoms with E-state index in [-0.39, 0.29) is 80.0 Å². The molecule has 4 aromatic rings. The number of likely N-dealkylation sites (tertiary alicyclic amines) is 1. The molecule has 1 aromatic heterocycles. The number of aromatic amines is 1. The van der Waals surface area contributed by atoms with E-state index in [0.717, 1.165) is 33.7 Å². The van der Waals surface area contributed by atoms with Crippen molar-refractivity contribution in [3.63, 3.8) is 0 Å². The molecule has 3 aromatic carbocycles. The van der Waals surface area contributed by atoms with Crippen molar-refractivity contribution in [2.45, 2.75) is 164 Å². The fourth-order valence-corrected chi connectivity index (χ4v) is 13.8. The van der Waals surface area contributed by atoms with Crippen molar-refractivity contribution in [2.75, 3.05) is 37.7 Å². The number of carboxylic acid groups (broad SMARTS) is 1. The molecule has 0 bridgehead atoms. The van der Waals surface area contributed by atoms with Crippen LogP contribution >= 0.6 is 21.6 Å². The summed E-state index contributed by atoms with van der Waals surface area (Å²) in [6.45, 7) is 3.03. The number of nitrogens with zero attached hydrogens (tertiary/aromatic N) is 2. The minimum Gasteiger partial charge on any atom is -0.508 e. The maximum atomic E-state index is 15.0. The van der Waals surface area contributed by atoms with Gasteiger partial charge in [-0.15, -0.1) is 0 Å². The number of aromatic hydroxyl groups is 2. The van der Waals surface area contributed by atoms with Gasteiger partial charge < -0.3 is 107 Å². The summed E-state index contributed by atoms with van der Waals surface area (Å²) in [7, 11) is 1.66. The monoisotopic (exact) mass is 1500 g/mol. The van der Waals surface area contributed by atoms with E-state index in [9.17, 15) is 82.4 Å². The number of nitrogens with one attached hydrogen (secondary N) is 11. The third kappa shape index (κ3) is 27.0. The van der Waals surface area contributed by atoms with Crippen LogP contribution in [0.1, 0.15) is 94.7 Å². The molecule has 0 spiro atoms. The van der Waals surface area contributed by atoms with Gasteiger partial charge in [0.2, 0.25) is 70.9 Å². The van der Waals surface area contributed by atoms with E-state index in [0.29, 0.717) is 29.6 Å². The molecule has 0 aliphatic carbocycles. The van der Waals surface area contributed by atoms with E-state index in [2.05, 4.69) is 63.1 Å². The normalized spacial score (nSPS) is 22.6. The van der Waals surface area contributed by atoms with Gasteiger partial charge in [0, 0.05) is 86.8 Å². The number of hydrogen-bond donors (Lipinski definition) is 20. The second-order valence-corrected chi connectivity index (χ2v) is 28.1. The van der Waals surface area contributed by atoms with Crippen molar-refractivity contribution in [1.82, 2.24) is 63.1 Å². The lowest BCUT2D eigenvalue weighted by atomic mass is 10.00. The summed E-state index contributed by atoms with van der Waals surface area (Å²) in [4.78, 5) is 191. The SMILES string of the molecule is CC(C)[C@@H]1NC(=O)[C@@H](NC(=O)[C@H](Cc2ccc(O)cc2)NC(=O)[C@@H]2CCCN2C(O)CCN)CSSC[C@@H](C(N)=O)NC(=O)[C@H](CCC(=O)O)NC(=O)C(Cc2c[nH]c3ccc(F)cc23)NC(=O)[C@H](CCC(N)=O)NC(=O)CCNC(=O)[C@H](CCCN=C(N)N)NC(=O)[C@H](Cc2ccc(O)cc2)NC1=O.